The first kappa shape index (κ1) is 20.7. The summed E-state index contributed by atoms with van der Waals surface area (Å²) in [5.74, 6) is -0.922. The van der Waals surface area contributed by atoms with Crippen molar-refractivity contribution >= 4 is 12.1 Å². The van der Waals surface area contributed by atoms with Crippen molar-refractivity contribution in [2.75, 3.05) is 34.3 Å². The summed E-state index contributed by atoms with van der Waals surface area (Å²) in [5, 5.41) is 11.6. The lowest BCUT2D eigenvalue weighted by Gasteiger charge is -2.28. The molecule has 0 spiro atoms. The highest BCUT2D eigenvalue weighted by Gasteiger charge is 2.23. The summed E-state index contributed by atoms with van der Waals surface area (Å²) in [6, 6.07) is -0.422. The minimum Gasteiger partial charge on any atom is -0.481 e. The lowest BCUT2D eigenvalue weighted by atomic mass is 10.1. The molecule has 0 aromatic carbocycles. The van der Waals surface area contributed by atoms with Gasteiger partial charge in [0.1, 0.15) is 0 Å². The van der Waals surface area contributed by atoms with E-state index in [0.717, 1.165) is 12.8 Å². The SMILES string of the molecule is CCCCCCCCOC(=O)NC(CC(=O)O)C[N+](C)(C)C. The van der Waals surface area contributed by atoms with E-state index in [1.54, 1.807) is 0 Å². The Morgan fingerprint density at radius 3 is 2.23 bits per heavy atom. The van der Waals surface area contributed by atoms with Gasteiger partial charge in [-0.15, -0.1) is 0 Å². The molecule has 0 aliphatic rings. The van der Waals surface area contributed by atoms with Gasteiger partial charge in [-0.25, -0.2) is 4.79 Å². The van der Waals surface area contributed by atoms with E-state index in [1.807, 2.05) is 21.1 Å². The number of nitrogens with one attached hydrogen (secondary N) is 1. The van der Waals surface area contributed by atoms with Gasteiger partial charge in [0, 0.05) is 0 Å². The summed E-state index contributed by atoms with van der Waals surface area (Å²) in [6.07, 6.45) is 6.17. The van der Waals surface area contributed by atoms with Crippen molar-refractivity contribution < 1.29 is 23.9 Å². The van der Waals surface area contributed by atoms with Gasteiger partial charge in [0.05, 0.1) is 46.8 Å². The molecule has 0 bridgehead atoms. The fourth-order valence-electron chi connectivity index (χ4n) is 2.29. The Morgan fingerprint density at radius 2 is 1.68 bits per heavy atom. The number of unbranched alkanes of at least 4 members (excludes halogenated alkanes) is 5. The molecule has 0 aromatic rings. The van der Waals surface area contributed by atoms with Crippen LogP contribution in [0, 0.1) is 0 Å². The second-order valence-electron chi connectivity index (χ2n) is 6.82. The van der Waals surface area contributed by atoms with Crippen LogP contribution in [0.1, 0.15) is 51.9 Å². The van der Waals surface area contributed by atoms with E-state index in [-0.39, 0.29) is 6.42 Å². The van der Waals surface area contributed by atoms with Gasteiger partial charge < -0.3 is 19.6 Å². The zero-order chi connectivity index (χ0) is 17.0. The molecule has 2 N–H and O–H groups in total. The number of quaternary nitrogens is 1. The number of carbonyl (C=O) groups is 2. The van der Waals surface area contributed by atoms with Crippen LogP contribution in [-0.4, -0.2) is 62.0 Å². The van der Waals surface area contributed by atoms with Gasteiger partial charge in [0.15, 0.2) is 0 Å². The number of nitrogens with zero attached hydrogens (tertiary/aromatic N) is 1. The summed E-state index contributed by atoms with van der Waals surface area (Å²) in [6.45, 7) is 3.11. The Morgan fingerprint density at radius 1 is 1.09 bits per heavy atom. The maximum atomic E-state index is 11.7. The van der Waals surface area contributed by atoms with E-state index in [0.29, 0.717) is 17.6 Å². The number of carboxylic acids is 1. The summed E-state index contributed by atoms with van der Waals surface area (Å²) in [7, 11) is 5.87. The molecule has 0 radical (unpaired) electrons. The second-order valence-corrected chi connectivity index (χ2v) is 6.82. The minimum absolute atomic E-state index is 0.0956. The van der Waals surface area contributed by atoms with Crippen molar-refractivity contribution in [2.45, 2.75) is 57.9 Å². The first-order chi connectivity index (χ1) is 10.2. The average molecular weight is 317 g/mol. The third-order valence-electron chi connectivity index (χ3n) is 3.24. The molecule has 0 fully saturated rings. The molecule has 1 amide bonds. The van der Waals surface area contributed by atoms with Crippen molar-refractivity contribution in [1.29, 1.82) is 0 Å². The van der Waals surface area contributed by atoms with E-state index in [1.165, 1.54) is 25.7 Å². The molecule has 1 atom stereocenters. The Kier molecular flexibility index (Phi) is 10.6. The predicted molar refractivity (Wildman–Crippen MR) is 86.8 cm³/mol. The number of carbonyl (C=O) groups excluding carboxylic acids is 1. The Labute approximate surface area is 134 Å². The van der Waals surface area contributed by atoms with Crippen molar-refractivity contribution in [2.24, 2.45) is 0 Å². The van der Waals surface area contributed by atoms with Crippen LogP contribution < -0.4 is 5.32 Å². The molecule has 0 aliphatic carbocycles. The highest BCUT2D eigenvalue weighted by molar-refractivity contribution is 5.71. The summed E-state index contributed by atoms with van der Waals surface area (Å²) < 4.78 is 5.70. The molecule has 0 aliphatic heterocycles. The predicted octanol–water partition coefficient (Wildman–Crippen LogP) is 2.62. The zero-order valence-electron chi connectivity index (χ0n) is 14.6. The fourth-order valence-corrected chi connectivity index (χ4v) is 2.29. The normalized spacial score (nSPS) is 12.7. The summed E-state index contributed by atoms with van der Waals surface area (Å²) >= 11 is 0. The number of hydrogen-bond acceptors (Lipinski definition) is 3. The summed E-state index contributed by atoms with van der Waals surface area (Å²) in [4.78, 5) is 22.6. The van der Waals surface area contributed by atoms with Crippen LogP contribution >= 0.6 is 0 Å². The number of aliphatic carboxylic acids is 1. The van der Waals surface area contributed by atoms with Crippen LogP contribution in [0.25, 0.3) is 0 Å². The summed E-state index contributed by atoms with van der Waals surface area (Å²) in [5.41, 5.74) is 0. The Bertz CT molecular complexity index is 327. The number of alkyl carbamates (subject to hydrolysis) is 1. The van der Waals surface area contributed by atoms with Crippen LogP contribution in [0.3, 0.4) is 0 Å². The third-order valence-corrected chi connectivity index (χ3v) is 3.24. The Hall–Kier alpha value is -1.30. The number of hydrogen-bond donors (Lipinski definition) is 2. The smallest absolute Gasteiger partial charge is 0.407 e. The van der Waals surface area contributed by atoms with Crippen LogP contribution in [-0.2, 0) is 9.53 Å². The van der Waals surface area contributed by atoms with Crippen LogP contribution in [0.4, 0.5) is 4.79 Å². The third kappa shape index (κ3) is 13.7. The Balaban J connectivity index is 3.94. The van der Waals surface area contributed by atoms with Crippen LogP contribution in [0.5, 0.6) is 0 Å². The molecule has 22 heavy (non-hydrogen) atoms. The standard InChI is InChI=1S/C16H32N2O4/c1-5-6-7-8-9-10-11-22-16(21)17-14(12-15(19)20)13-18(2,3)4/h14H,5-13H2,1-4H3,(H-,17,19,20,21)/p+1. The second kappa shape index (κ2) is 11.3. The van der Waals surface area contributed by atoms with Gasteiger partial charge in [-0.05, 0) is 6.42 Å². The highest BCUT2D eigenvalue weighted by Crippen LogP contribution is 2.05. The molecule has 0 aromatic heterocycles. The zero-order valence-corrected chi connectivity index (χ0v) is 14.6. The van der Waals surface area contributed by atoms with E-state index < -0.39 is 18.1 Å². The topological polar surface area (TPSA) is 75.6 Å². The number of amides is 1. The first-order valence-corrected chi connectivity index (χ1v) is 8.20. The maximum Gasteiger partial charge on any atom is 0.407 e. The van der Waals surface area contributed by atoms with Gasteiger partial charge in [-0.2, -0.15) is 0 Å². The molecule has 0 saturated heterocycles. The molecule has 6 heteroatoms. The number of rotatable bonds is 12. The molecule has 130 valence electrons. The molecular weight excluding hydrogens is 284 g/mol. The largest absolute Gasteiger partial charge is 0.481 e. The van der Waals surface area contributed by atoms with Crippen molar-refractivity contribution in [1.82, 2.24) is 5.32 Å². The lowest BCUT2D eigenvalue weighted by molar-refractivity contribution is -0.871. The monoisotopic (exact) mass is 317 g/mol. The van der Waals surface area contributed by atoms with E-state index >= 15 is 0 Å². The van der Waals surface area contributed by atoms with Gasteiger partial charge in [-0.1, -0.05) is 39.0 Å². The van der Waals surface area contributed by atoms with Crippen LogP contribution in [0.15, 0.2) is 0 Å². The quantitative estimate of drug-likeness (QED) is 0.428. The van der Waals surface area contributed by atoms with E-state index in [4.69, 9.17) is 9.84 Å². The van der Waals surface area contributed by atoms with E-state index in [2.05, 4.69) is 12.2 Å². The van der Waals surface area contributed by atoms with Gasteiger partial charge in [0.25, 0.3) is 0 Å². The van der Waals surface area contributed by atoms with Gasteiger partial charge >= 0.3 is 12.1 Å². The van der Waals surface area contributed by atoms with Gasteiger partial charge in [0.2, 0.25) is 0 Å². The number of likely N-dealkylation sites (N-methyl/N-ethyl adjacent to an activating group) is 1. The number of ether oxygens (including phenoxy) is 1. The first-order valence-electron chi connectivity index (χ1n) is 8.20. The molecule has 6 nitrogen and oxygen atoms in total. The molecule has 0 saturated carbocycles. The number of carboxylic acid groups (broad SMARTS) is 1. The maximum absolute atomic E-state index is 11.7. The molecular formula is C16H33N2O4+. The van der Waals surface area contributed by atoms with Crippen molar-refractivity contribution in [3.05, 3.63) is 0 Å². The molecule has 0 heterocycles. The molecule has 1 unspecified atom stereocenters. The highest BCUT2D eigenvalue weighted by atomic mass is 16.5. The molecule has 0 rings (SSSR count). The van der Waals surface area contributed by atoms with Gasteiger partial charge in [-0.3, -0.25) is 4.79 Å². The van der Waals surface area contributed by atoms with Crippen molar-refractivity contribution in [3.63, 3.8) is 0 Å². The minimum atomic E-state index is -0.922. The van der Waals surface area contributed by atoms with Crippen LogP contribution in [0.2, 0.25) is 0 Å². The average Bonchev–Trinajstić information content (AvgIpc) is 2.34. The van der Waals surface area contributed by atoms with E-state index in [9.17, 15) is 9.59 Å². The van der Waals surface area contributed by atoms with Crippen molar-refractivity contribution in [3.8, 4) is 0 Å². The fraction of sp³-hybridized carbons (Fsp3) is 0.875. The lowest BCUT2D eigenvalue weighted by Crippen LogP contribution is -2.49.